The summed E-state index contributed by atoms with van der Waals surface area (Å²) in [6, 6.07) is 7.26. The number of ether oxygens (including phenoxy) is 1. The Labute approximate surface area is 148 Å². The van der Waals surface area contributed by atoms with Crippen LogP contribution in [-0.2, 0) is 11.5 Å². The Morgan fingerprint density at radius 2 is 2.13 bits per heavy atom. The monoisotopic (exact) mass is 410 g/mol. The van der Waals surface area contributed by atoms with E-state index in [1.165, 1.54) is 0 Å². The molecule has 0 saturated carbocycles. The van der Waals surface area contributed by atoms with Gasteiger partial charge in [-0.15, -0.1) is 16.4 Å². The molecule has 3 rings (SSSR count). The van der Waals surface area contributed by atoms with E-state index >= 15 is 0 Å². The van der Waals surface area contributed by atoms with Crippen LogP contribution in [0.4, 0.5) is 0 Å². The molecular weight excluding hydrogens is 392 g/mol. The van der Waals surface area contributed by atoms with Crippen LogP contribution in [0.1, 0.15) is 0 Å². The molecule has 0 aliphatic rings. The molecule has 0 fully saturated rings. The van der Waals surface area contributed by atoms with Crippen molar-refractivity contribution in [3.63, 3.8) is 0 Å². The lowest BCUT2D eigenvalue weighted by atomic mass is 10.2. The highest BCUT2D eigenvalue weighted by atomic mass is 79.9. The van der Waals surface area contributed by atoms with Crippen LogP contribution in [0.15, 0.2) is 28.2 Å². The van der Waals surface area contributed by atoms with Gasteiger partial charge in [0.1, 0.15) is 21.9 Å². The summed E-state index contributed by atoms with van der Waals surface area (Å²) >= 11 is 4.99. The topological polar surface area (TPSA) is 52.8 Å². The molecule has 8 heteroatoms. The van der Waals surface area contributed by atoms with E-state index in [0.29, 0.717) is 6.73 Å². The smallest absolute Gasteiger partial charge is 0.141 e. The number of nitrogens with zero attached hydrogens (tertiary/aromatic N) is 4. The van der Waals surface area contributed by atoms with Crippen LogP contribution in [0.25, 0.3) is 21.6 Å². The second-order valence-electron chi connectivity index (χ2n) is 6.62. The second kappa shape index (κ2) is 6.80. The zero-order valence-electron chi connectivity index (χ0n) is 13.4. The fourth-order valence-corrected chi connectivity index (χ4v) is 4.12. The summed E-state index contributed by atoms with van der Waals surface area (Å²) in [6.45, 7) is 8.27. The van der Waals surface area contributed by atoms with E-state index in [1.807, 2.05) is 17.5 Å². The fraction of sp³-hybridized carbons (Fsp3) is 0.400. The molecular formula is C15H19BrN4OSSi. The number of rotatable bonds is 6. The Hall–Kier alpha value is -1.09. The number of benzene rings is 1. The van der Waals surface area contributed by atoms with E-state index in [4.69, 9.17) is 4.74 Å². The summed E-state index contributed by atoms with van der Waals surface area (Å²) in [5.74, 6) is 0. The highest BCUT2D eigenvalue weighted by Gasteiger charge is 2.13. The van der Waals surface area contributed by atoms with Gasteiger partial charge in [-0.3, -0.25) is 0 Å². The molecule has 0 spiro atoms. The van der Waals surface area contributed by atoms with Crippen LogP contribution >= 0.6 is 27.3 Å². The molecule has 23 heavy (non-hydrogen) atoms. The van der Waals surface area contributed by atoms with Gasteiger partial charge in [-0.25, -0.2) is 9.67 Å². The van der Waals surface area contributed by atoms with Crippen molar-refractivity contribution in [3.8, 4) is 10.6 Å². The van der Waals surface area contributed by atoms with Crippen molar-refractivity contribution in [2.24, 2.45) is 0 Å². The van der Waals surface area contributed by atoms with Crippen LogP contribution < -0.4 is 0 Å². The highest BCUT2D eigenvalue weighted by molar-refractivity contribution is 9.10. The van der Waals surface area contributed by atoms with E-state index < -0.39 is 8.07 Å². The van der Waals surface area contributed by atoms with Gasteiger partial charge in [-0.05, 0) is 40.2 Å². The molecule has 0 N–H and O–H groups in total. The van der Waals surface area contributed by atoms with Crippen molar-refractivity contribution in [1.29, 1.82) is 0 Å². The summed E-state index contributed by atoms with van der Waals surface area (Å²) in [7, 11) is -1.06. The van der Waals surface area contributed by atoms with Crippen LogP contribution in [0.2, 0.25) is 25.7 Å². The zero-order chi connectivity index (χ0) is 16.4. The number of hydrogen-bond donors (Lipinski definition) is 0. The Morgan fingerprint density at radius 3 is 2.83 bits per heavy atom. The molecule has 5 nitrogen and oxygen atoms in total. The lowest BCUT2D eigenvalue weighted by Crippen LogP contribution is -2.22. The van der Waals surface area contributed by atoms with Gasteiger partial charge in [-0.2, -0.15) is 0 Å². The molecule has 2 heterocycles. The quantitative estimate of drug-likeness (QED) is 0.438. The summed E-state index contributed by atoms with van der Waals surface area (Å²) in [6.07, 6.45) is 0. The largest absolute Gasteiger partial charge is 0.359 e. The molecule has 0 saturated heterocycles. The first kappa shape index (κ1) is 16.8. The number of hydrogen-bond acceptors (Lipinski definition) is 5. The SMILES string of the molecule is C[Si](C)(C)CCOCn1nnc2cc(-c3nc(Br)cs3)ccc21. The normalized spacial score (nSPS) is 12.2. The Balaban J connectivity index is 1.71. The number of fused-ring (bicyclic) bond motifs is 1. The Bertz CT molecular complexity index is 811. The van der Waals surface area contributed by atoms with Gasteiger partial charge in [-0.1, -0.05) is 24.9 Å². The minimum Gasteiger partial charge on any atom is -0.359 e. The van der Waals surface area contributed by atoms with Crippen molar-refractivity contribution >= 4 is 46.4 Å². The summed E-state index contributed by atoms with van der Waals surface area (Å²) in [4.78, 5) is 4.44. The van der Waals surface area contributed by atoms with Crippen LogP contribution in [0, 0.1) is 0 Å². The molecule has 0 atom stereocenters. The van der Waals surface area contributed by atoms with Crippen molar-refractivity contribution in [2.75, 3.05) is 6.61 Å². The summed E-state index contributed by atoms with van der Waals surface area (Å²) in [5.41, 5.74) is 2.90. The summed E-state index contributed by atoms with van der Waals surface area (Å²) < 4.78 is 8.42. The van der Waals surface area contributed by atoms with Gasteiger partial charge in [0.05, 0.1) is 5.52 Å². The van der Waals surface area contributed by atoms with Gasteiger partial charge >= 0.3 is 0 Å². The first-order valence-electron chi connectivity index (χ1n) is 7.45. The van der Waals surface area contributed by atoms with Crippen molar-refractivity contribution < 1.29 is 4.74 Å². The average molecular weight is 411 g/mol. The first-order chi connectivity index (χ1) is 10.9. The predicted octanol–water partition coefficient (Wildman–Crippen LogP) is 4.63. The van der Waals surface area contributed by atoms with Crippen molar-refractivity contribution in [1.82, 2.24) is 20.0 Å². The third kappa shape index (κ3) is 4.26. The number of halogens is 1. The lowest BCUT2D eigenvalue weighted by Gasteiger charge is -2.15. The van der Waals surface area contributed by atoms with E-state index in [2.05, 4.69) is 56.9 Å². The molecule has 2 aromatic heterocycles. The van der Waals surface area contributed by atoms with Gasteiger partial charge in [0.2, 0.25) is 0 Å². The zero-order valence-corrected chi connectivity index (χ0v) is 16.8. The minimum absolute atomic E-state index is 0.448. The molecule has 122 valence electrons. The molecule has 0 aliphatic carbocycles. The highest BCUT2D eigenvalue weighted by Crippen LogP contribution is 2.28. The van der Waals surface area contributed by atoms with E-state index in [0.717, 1.165) is 38.9 Å². The maximum absolute atomic E-state index is 5.76. The standard InChI is InChI=1S/C15H19BrN4OSSi/c1-23(2,3)7-6-21-10-20-13-5-4-11(8-12(13)18-19-20)15-17-14(16)9-22-15/h4-5,8-9H,6-7,10H2,1-3H3. The lowest BCUT2D eigenvalue weighted by molar-refractivity contribution is 0.0803. The van der Waals surface area contributed by atoms with Crippen molar-refractivity contribution in [2.45, 2.75) is 32.4 Å². The molecule has 0 unspecified atom stereocenters. The third-order valence-electron chi connectivity index (χ3n) is 3.45. The Kier molecular flexibility index (Phi) is 4.95. The van der Waals surface area contributed by atoms with Gasteiger partial charge < -0.3 is 4.74 Å². The molecule has 0 bridgehead atoms. The Morgan fingerprint density at radius 1 is 1.30 bits per heavy atom. The third-order valence-corrected chi connectivity index (χ3v) is 6.75. The van der Waals surface area contributed by atoms with Crippen LogP contribution in [0.3, 0.4) is 0 Å². The molecule has 1 aromatic carbocycles. The maximum Gasteiger partial charge on any atom is 0.141 e. The van der Waals surface area contributed by atoms with Gasteiger partial charge in [0.25, 0.3) is 0 Å². The first-order valence-corrected chi connectivity index (χ1v) is 12.8. The number of thiazole rings is 1. The minimum atomic E-state index is -1.06. The maximum atomic E-state index is 5.76. The van der Waals surface area contributed by atoms with Crippen LogP contribution in [-0.4, -0.2) is 34.7 Å². The molecule has 0 radical (unpaired) electrons. The molecule has 3 aromatic rings. The number of aromatic nitrogens is 4. The van der Waals surface area contributed by atoms with Gasteiger partial charge in [0.15, 0.2) is 0 Å². The second-order valence-corrected chi connectivity index (χ2v) is 13.9. The van der Waals surface area contributed by atoms with E-state index in [-0.39, 0.29) is 0 Å². The summed E-state index contributed by atoms with van der Waals surface area (Å²) in [5, 5.41) is 11.4. The van der Waals surface area contributed by atoms with Crippen LogP contribution in [0.5, 0.6) is 0 Å². The van der Waals surface area contributed by atoms with Crippen molar-refractivity contribution in [3.05, 3.63) is 28.2 Å². The average Bonchev–Trinajstić information content (AvgIpc) is 3.08. The predicted molar refractivity (Wildman–Crippen MR) is 100 cm³/mol. The van der Waals surface area contributed by atoms with Gasteiger partial charge in [0, 0.05) is 25.6 Å². The molecule has 0 aliphatic heterocycles. The molecule has 0 amide bonds. The van der Waals surface area contributed by atoms with E-state index in [1.54, 1.807) is 16.0 Å². The fourth-order valence-electron chi connectivity index (χ4n) is 2.12. The van der Waals surface area contributed by atoms with E-state index in [9.17, 15) is 0 Å².